The van der Waals surface area contributed by atoms with E-state index in [1.807, 2.05) is 7.11 Å². The zero-order chi connectivity index (χ0) is 16.1. The van der Waals surface area contributed by atoms with Gasteiger partial charge >= 0.3 is 0 Å². The maximum absolute atomic E-state index is 12.7. The van der Waals surface area contributed by atoms with Crippen LogP contribution in [0.5, 0.6) is 0 Å². The number of ketones is 1. The Morgan fingerprint density at radius 3 is 2.33 bits per heavy atom. The van der Waals surface area contributed by atoms with E-state index in [4.69, 9.17) is 4.74 Å². The Bertz CT molecular complexity index is 334. The highest BCUT2D eigenvalue weighted by Crippen LogP contribution is 2.54. The van der Waals surface area contributed by atoms with E-state index < -0.39 is 0 Å². The Morgan fingerprint density at radius 1 is 1.19 bits per heavy atom. The van der Waals surface area contributed by atoms with Crippen molar-refractivity contribution in [2.24, 2.45) is 17.3 Å². The molecule has 1 saturated carbocycles. The van der Waals surface area contributed by atoms with Gasteiger partial charge in [0.05, 0.1) is 5.60 Å². The van der Waals surface area contributed by atoms with E-state index in [0.29, 0.717) is 11.7 Å². The predicted molar refractivity (Wildman–Crippen MR) is 89.5 cm³/mol. The Kier molecular flexibility index (Phi) is 6.90. The molecule has 0 heterocycles. The van der Waals surface area contributed by atoms with Gasteiger partial charge in [-0.3, -0.25) is 4.79 Å². The molecule has 0 aromatic rings. The van der Waals surface area contributed by atoms with E-state index in [1.165, 1.54) is 12.8 Å². The Morgan fingerprint density at radius 2 is 1.81 bits per heavy atom. The quantitative estimate of drug-likeness (QED) is 0.600. The second kappa shape index (κ2) is 7.76. The van der Waals surface area contributed by atoms with E-state index in [9.17, 15) is 4.79 Å². The predicted octanol–water partition coefficient (Wildman–Crippen LogP) is 5.39. The van der Waals surface area contributed by atoms with E-state index in [0.717, 1.165) is 38.5 Å². The van der Waals surface area contributed by atoms with Gasteiger partial charge in [0.1, 0.15) is 5.78 Å². The first kappa shape index (κ1) is 18.7. The fourth-order valence-electron chi connectivity index (χ4n) is 4.32. The van der Waals surface area contributed by atoms with Crippen molar-refractivity contribution in [1.82, 2.24) is 0 Å². The summed E-state index contributed by atoms with van der Waals surface area (Å²) in [4.78, 5) is 12.7. The molecule has 0 aliphatic heterocycles. The molecule has 1 aliphatic rings. The van der Waals surface area contributed by atoms with Gasteiger partial charge < -0.3 is 4.74 Å². The molecule has 0 bridgehead atoms. The highest BCUT2D eigenvalue weighted by molar-refractivity contribution is 5.82. The van der Waals surface area contributed by atoms with Crippen LogP contribution in [0.15, 0.2) is 0 Å². The number of carbonyl (C=O) groups excluding carboxylic acids is 1. The van der Waals surface area contributed by atoms with E-state index in [2.05, 4.69) is 34.6 Å². The van der Waals surface area contributed by atoms with Gasteiger partial charge in [-0.05, 0) is 31.6 Å². The van der Waals surface area contributed by atoms with E-state index >= 15 is 0 Å². The lowest BCUT2D eigenvalue weighted by atomic mass is 9.54. The van der Waals surface area contributed by atoms with Crippen molar-refractivity contribution in [2.45, 2.75) is 91.6 Å². The van der Waals surface area contributed by atoms with Crippen molar-refractivity contribution >= 4 is 5.78 Å². The first-order valence-electron chi connectivity index (χ1n) is 8.92. The van der Waals surface area contributed by atoms with E-state index in [1.54, 1.807) is 0 Å². The largest absolute Gasteiger partial charge is 0.378 e. The molecule has 0 N–H and O–H groups in total. The normalized spacial score (nSPS) is 32.1. The zero-order valence-corrected chi connectivity index (χ0v) is 15.1. The van der Waals surface area contributed by atoms with Crippen molar-refractivity contribution in [2.75, 3.05) is 7.11 Å². The lowest BCUT2D eigenvalue weighted by molar-refractivity contribution is -0.175. The molecule has 0 saturated heterocycles. The van der Waals surface area contributed by atoms with Crippen LogP contribution in [0.25, 0.3) is 0 Å². The van der Waals surface area contributed by atoms with Crippen LogP contribution in [-0.2, 0) is 9.53 Å². The Labute approximate surface area is 132 Å². The Hall–Kier alpha value is -0.370. The van der Waals surface area contributed by atoms with Crippen LogP contribution in [0, 0.1) is 17.3 Å². The fraction of sp³-hybridized carbons (Fsp3) is 0.947. The molecule has 1 fully saturated rings. The minimum absolute atomic E-state index is 0.0613. The summed E-state index contributed by atoms with van der Waals surface area (Å²) in [6, 6.07) is 0. The second-order valence-electron chi connectivity index (χ2n) is 7.69. The number of methoxy groups -OCH3 is 1. The zero-order valence-electron chi connectivity index (χ0n) is 15.1. The lowest BCUT2D eigenvalue weighted by Crippen LogP contribution is -2.57. The summed E-state index contributed by atoms with van der Waals surface area (Å²) in [7, 11) is 1.85. The lowest BCUT2D eigenvalue weighted by Gasteiger charge is -2.55. The van der Waals surface area contributed by atoms with Gasteiger partial charge in [0.2, 0.25) is 0 Å². The van der Waals surface area contributed by atoms with Gasteiger partial charge in [0.25, 0.3) is 0 Å². The van der Waals surface area contributed by atoms with Crippen molar-refractivity contribution in [3.8, 4) is 0 Å². The first-order chi connectivity index (χ1) is 9.84. The molecule has 1 rings (SSSR count). The number of hydrogen-bond acceptors (Lipinski definition) is 2. The summed E-state index contributed by atoms with van der Waals surface area (Å²) >= 11 is 0. The summed E-state index contributed by atoms with van der Waals surface area (Å²) in [6.45, 7) is 11.2. The summed E-state index contributed by atoms with van der Waals surface area (Å²) in [5.41, 5.74) is -0.193. The smallest absolute Gasteiger partial charge is 0.136 e. The first-order valence-corrected chi connectivity index (χ1v) is 8.92. The maximum atomic E-state index is 12.7. The molecule has 2 heteroatoms. The van der Waals surface area contributed by atoms with Crippen LogP contribution in [0.4, 0.5) is 0 Å². The van der Waals surface area contributed by atoms with Gasteiger partial charge in [-0.15, -0.1) is 0 Å². The van der Waals surface area contributed by atoms with Crippen LogP contribution in [0.3, 0.4) is 0 Å². The summed E-state index contributed by atoms with van der Waals surface area (Å²) in [5, 5.41) is 0. The molecular weight excluding hydrogens is 260 g/mol. The minimum atomic E-state index is -0.132. The molecule has 0 spiro atoms. The molecular formula is C19H36O2. The van der Waals surface area contributed by atoms with Gasteiger partial charge in [0, 0.05) is 24.9 Å². The number of ether oxygens (including phenoxy) is 1. The molecule has 2 nitrogen and oxygen atoms in total. The topological polar surface area (TPSA) is 26.3 Å². The van der Waals surface area contributed by atoms with Gasteiger partial charge in [-0.1, -0.05) is 53.9 Å². The summed E-state index contributed by atoms with van der Waals surface area (Å²) in [5.74, 6) is 1.20. The van der Waals surface area contributed by atoms with Crippen LogP contribution < -0.4 is 0 Å². The number of carbonyl (C=O) groups is 1. The van der Waals surface area contributed by atoms with Crippen molar-refractivity contribution < 1.29 is 9.53 Å². The minimum Gasteiger partial charge on any atom is -0.378 e. The van der Waals surface area contributed by atoms with Crippen molar-refractivity contribution in [3.63, 3.8) is 0 Å². The maximum Gasteiger partial charge on any atom is 0.136 e. The van der Waals surface area contributed by atoms with E-state index in [-0.39, 0.29) is 16.9 Å². The summed E-state index contributed by atoms with van der Waals surface area (Å²) < 4.78 is 6.10. The third-order valence-electron chi connectivity index (χ3n) is 5.85. The highest BCUT2D eigenvalue weighted by Gasteiger charge is 2.55. The van der Waals surface area contributed by atoms with Crippen LogP contribution in [-0.4, -0.2) is 18.5 Å². The highest BCUT2D eigenvalue weighted by atomic mass is 16.5. The fourth-order valence-corrected chi connectivity index (χ4v) is 4.32. The van der Waals surface area contributed by atoms with Gasteiger partial charge in [-0.25, -0.2) is 0 Å². The molecule has 0 amide bonds. The van der Waals surface area contributed by atoms with Crippen LogP contribution in [0.1, 0.15) is 86.0 Å². The standard InChI is InChI=1S/C19H36O2/c1-7-9-11-17(20)16-13-15(3)14-19(21-6,12-10-8-2)18(16,4)5/h15-16H,7-14H2,1-6H3. The SMILES string of the molecule is CCCCC(=O)C1CC(C)CC(CCCC)(OC)C1(C)C. The second-order valence-corrected chi connectivity index (χ2v) is 7.69. The number of hydrogen-bond donors (Lipinski definition) is 0. The number of Topliss-reactive ketones (excluding diaryl/α,β-unsaturated/α-hetero) is 1. The van der Waals surface area contributed by atoms with Gasteiger partial charge in [0.15, 0.2) is 0 Å². The molecule has 21 heavy (non-hydrogen) atoms. The third-order valence-corrected chi connectivity index (χ3v) is 5.85. The molecule has 3 atom stereocenters. The number of rotatable bonds is 8. The molecule has 124 valence electrons. The van der Waals surface area contributed by atoms with Crippen LogP contribution in [0.2, 0.25) is 0 Å². The average molecular weight is 296 g/mol. The molecule has 0 radical (unpaired) electrons. The van der Waals surface area contributed by atoms with Crippen molar-refractivity contribution in [3.05, 3.63) is 0 Å². The van der Waals surface area contributed by atoms with Crippen LogP contribution >= 0.6 is 0 Å². The monoisotopic (exact) mass is 296 g/mol. The molecule has 3 unspecified atom stereocenters. The van der Waals surface area contributed by atoms with Gasteiger partial charge in [-0.2, -0.15) is 0 Å². The molecule has 1 aliphatic carbocycles. The van der Waals surface area contributed by atoms with Crippen molar-refractivity contribution in [1.29, 1.82) is 0 Å². The Balaban J connectivity index is 3.01. The third kappa shape index (κ3) is 3.88. The average Bonchev–Trinajstić information content (AvgIpc) is 2.45. The number of unbranched alkanes of at least 4 members (excludes halogenated alkanes) is 2. The molecule has 0 aromatic heterocycles. The molecule has 0 aromatic carbocycles. The summed E-state index contributed by atoms with van der Waals surface area (Å²) in [6.07, 6.45) is 8.43.